The van der Waals surface area contributed by atoms with Crippen molar-refractivity contribution >= 4 is 17.7 Å². The van der Waals surface area contributed by atoms with E-state index in [9.17, 15) is 14.4 Å². The number of ketones is 1. The summed E-state index contributed by atoms with van der Waals surface area (Å²) in [6.07, 6.45) is 3.70. The summed E-state index contributed by atoms with van der Waals surface area (Å²) < 4.78 is 0. The molecule has 2 N–H and O–H groups in total. The minimum atomic E-state index is -1.34. The van der Waals surface area contributed by atoms with Crippen LogP contribution in [0.25, 0.3) is 0 Å². The number of carboxylic acid groups (broad SMARTS) is 1. The van der Waals surface area contributed by atoms with E-state index in [-0.39, 0.29) is 30.7 Å². The Morgan fingerprint density at radius 1 is 1.44 bits per heavy atom. The van der Waals surface area contributed by atoms with Gasteiger partial charge in [-0.1, -0.05) is 0 Å². The van der Waals surface area contributed by atoms with Crippen molar-refractivity contribution < 1.29 is 19.5 Å². The molecule has 18 heavy (non-hydrogen) atoms. The number of aromatic nitrogens is 2. The lowest BCUT2D eigenvalue weighted by atomic mass is 9.87. The third kappa shape index (κ3) is 2.06. The molecule has 0 bridgehead atoms. The number of aliphatic carboxylic acids is 1. The normalized spacial score (nSPS) is 22.9. The molecule has 7 nitrogen and oxygen atoms in total. The van der Waals surface area contributed by atoms with Gasteiger partial charge in [-0.05, 0) is 6.42 Å². The lowest BCUT2D eigenvalue weighted by Gasteiger charge is -2.25. The van der Waals surface area contributed by atoms with Gasteiger partial charge in [0.15, 0.2) is 5.78 Å². The van der Waals surface area contributed by atoms with E-state index >= 15 is 0 Å². The van der Waals surface area contributed by atoms with Crippen LogP contribution in [-0.2, 0) is 19.9 Å². The van der Waals surface area contributed by atoms with E-state index in [0.29, 0.717) is 0 Å². The monoisotopic (exact) mass is 249 g/mol. The summed E-state index contributed by atoms with van der Waals surface area (Å²) in [6.45, 7) is 0. The molecule has 1 atom stereocenters. The highest BCUT2D eigenvalue weighted by Gasteiger charge is 2.48. The molecule has 1 aliphatic heterocycles. The topological polar surface area (TPSA) is 109 Å². The summed E-state index contributed by atoms with van der Waals surface area (Å²) >= 11 is 0. The second-order valence-electron chi connectivity index (χ2n) is 4.04. The number of rotatable bonds is 4. The summed E-state index contributed by atoms with van der Waals surface area (Å²) in [5.74, 6) is -1.82. The van der Waals surface area contributed by atoms with Crippen LogP contribution in [0.3, 0.4) is 0 Å². The smallest absolute Gasteiger partial charge is 0.303 e. The lowest BCUT2D eigenvalue weighted by molar-refractivity contribution is -0.138. The molecule has 0 aliphatic carbocycles. The summed E-state index contributed by atoms with van der Waals surface area (Å²) in [7, 11) is 0. The number of Topliss-reactive ketones (excluding diaryl/α,β-unsaturated/α-hetero) is 1. The minimum absolute atomic E-state index is 0.0222. The van der Waals surface area contributed by atoms with E-state index in [1.807, 2.05) is 0 Å². The number of carbonyl (C=O) groups excluding carboxylic acids is 2. The fourth-order valence-corrected chi connectivity index (χ4v) is 2.00. The predicted molar refractivity (Wildman–Crippen MR) is 58.3 cm³/mol. The van der Waals surface area contributed by atoms with Gasteiger partial charge in [0, 0.05) is 18.8 Å². The van der Waals surface area contributed by atoms with Crippen molar-refractivity contribution in [1.29, 1.82) is 0 Å². The average Bonchev–Trinajstić information content (AvgIpc) is 2.64. The quantitative estimate of drug-likeness (QED) is 0.704. The molecule has 1 aliphatic rings. The second-order valence-corrected chi connectivity index (χ2v) is 4.04. The van der Waals surface area contributed by atoms with Gasteiger partial charge >= 0.3 is 5.97 Å². The zero-order valence-corrected chi connectivity index (χ0v) is 9.42. The number of carboxylic acids is 1. The minimum Gasteiger partial charge on any atom is -0.481 e. The zero-order valence-electron chi connectivity index (χ0n) is 9.42. The SMILES string of the molecule is O=C(O)CCC1(c2cnccn2)NC(=O)CC1=O. The highest BCUT2D eigenvalue weighted by molar-refractivity contribution is 6.10. The van der Waals surface area contributed by atoms with Crippen molar-refractivity contribution in [2.45, 2.75) is 24.8 Å². The Kier molecular flexibility index (Phi) is 3.05. The summed E-state index contributed by atoms with van der Waals surface area (Å²) in [4.78, 5) is 41.8. The summed E-state index contributed by atoms with van der Waals surface area (Å²) in [5, 5.41) is 11.3. The lowest BCUT2D eigenvalue weighted by Crippen LogP contribution is -2.44. The molecular formula is C11H11N3O4. The van der Waals surface area contributed by atoms with Crippen molar-refractivity contribution in [3.63, 3.8) is 0 Å². The number of nitrogens with zero attached hydrogens (tertiary/aromatic N) is 2. The van der Waals surface area contributed by atoms with Crippen molar-refractivity contribution in [3.8, 4) is 0 Å². The number of amides is 1. The van der Waals surface area contributed by atoms with Crippen molar-refractivity contribution in [1.82, 2.24) is 15.3 Å². The van der Waals surface area contributed by atoms with Crippen LogP contribution in [0.15, 0.2) is 18.6 Å². The van der Waals surface area contributed by atoms with Crippen LogP contribution in [0, 0.1) is 0 Å². The second kappa shape index (κ2) is 4.52. The first-order valence-corrected chi connectivity index (χ1v) is 5.37. The Balaban J connectivity index is 2.37. The van der Waals surface area contributed by atoms with Crippen molar-refractivity contribution in [2.75, 3.05) is 0 Å². The Morgan fingerprint density at radius 2 is 2.22 bits per heavy atom. The molecule has 1 unspecified atom stereocenters. The molecule has 7 heteroatoms. The van der Waals surface area contributed by atoms with Crippen LogP contribution in [0.2, 0.25) is 0 Å². The Morgan fingerprint density at radius 3 is 2.72 bits per heavy atom. The van der Waals surface area contributed by atoms with Gasteiger partial charge in [0.25, 0.3) is 0 Å². The first-order chi connectivity index (χ1) is 8.54. The van der Waals surface area contributed by atoms with Gasteiger partial charge in [0.05, 0.1) is 18.3 Å². The third-order valence-electron chi connectivity index (χ3n) is 2.86. The standard InChI is InChI=1S/C11H11N3O4/c15-8-5-9(16)14-11(8,2-1-10(17)18)7-6-12-3-4-13-7/h3-4,6H,1-2,5H2,(H,14,16)(H,17,18). The molecule has 0 aromatic carbocycles. The molecule has 0 saturated carbocycles. The highest BCUT2D eigenvalue weighted by atomic mass is 16.4. The first kappa shape index (κ1) is 12.2. The molecule has 1 aromatic rings. The van der Waals surface area contributed by atoms with Crippen molar-refractivity contribution in [3.05, 3.63) is 24.3 Å². The van der Waals surface area contributed by atoms with Crippen LogP contribution in [0.5, 0.6) is 0 Å². The maximum absolute atomic E-state index is 12.0. The van der Waals surface area contributed by atoms with E-state index in [2.05, 4.69) is 15.3 Å². The molecule has 1 amide bonds. The fourth-order valence-electron chi connectivity index (χ4n) is 2.00. The van der Waals surface area contributed by atoms with E-state index in [1.165, 1.54) is 18.6 Å². The molecule has 1 fully saturated rings. The fraction of sp³-hybridized carbons (Fsp3) is 0.364. The largest absolute Gasteiger partial charge is 0.481 e. The summed E-state index contributed by atoms with van der Waals surface area (Å²) in [6, 6.07) is 0. The average molecular weight is 249 g/mol. The number of nitrogens with one attached hydrogen (secondary N) is 1. The molecular weight excluding hydrogens is 238 g/mol. The predicted octanol–water partition coefficient (Wildman–Crippen LogP) is -0.374. The zero-order chi connectivity index (χ0) is 13.2. The van der Waals surface area contributed by atoms with Crippen LogP contribution in [0.1, 0.15) is 25.0 Å². The Labute approximate surface area is 102 Å². The molecule has 1 saturated heterocycles. The number of hydrogen-bond donors (Lipinski definition) is 2. The number of hydrogen-bond acceptors (Lipinski definition) is 5. The van der Waals surface area contributed by atoms with Gasteiger partial charge in [0.2, 0.25) is 5.91 Å². The third-order valence-corrected chi connectivity index (χ3v) is 2.86. The van der Waals surface area contributed by atoms with Gasteiger partial charge in [0.1, 0.15) is 5.54 Å². The maximum Gasteiger partial charge on any atom is 0.303 e. The van der Waals surface area contributed by atoms with E-state index < -0.39 is 17.4 Å². The molecule has 94 valence electrons. The van der Waals surface area contributed by atoms with Gasteiger partial charge in [-0.2, -0.15) is 0 Å². The molecule has 1 aromatic heterocycles. The van der Waals surface area contributed by atoms with Gasteiger partial charge in [-0.25, -0.2) is 0 Å². The van der Waals surface area contributed by atoms with Crippen molar-refractivity contribution in [2.24, 2.45) is 0 Å². The van der Waals surface area contributed by atoms with Crippen LogP contribution < -0.4 is 5.32 Å². The van der Waals surface area contributed by atoms with E-state index in [1.54, 1.807) is 0 Å². The van der Waals surface area contributed by atoms with Crippen LogP contribution >= 0.6 is 0 Å². The van der Waals surface area contributed by atoms with E-state index in [4.69, 9.17) is 5.11 Å². The Hall–Kier alpha value is -2.31. The molecule has 0 radical (unpaired) electrons. The van der Waals surface area contributed by atoms with E-state index in [0.717, 1.165) is 0 Å². The molecule has 2 rings (SSSR count). The van der Waals surface area contributed by atoms with Gasteiger partial charge in [-0.15, -0.1) is 0 Å². The summed E-state index contributed by atoms with van der Waals surface area (Å²) in [5.41, 5.74) is -1.06. The maximum atomic E-state index is 12.0. The van der Waals surface area contributed by atoms with Crippen LogP contribution in [-0.4, -0.2) is 32.7 Å². The first-order valence-electron chi connectivity index (χ1n) is 5.37. The highest BCUT2D eigenvalue weighted by Crippen LogP contribution is 2.31. The Bertz CT molecular complexity index is 502. The molecule has 2 heterocycles. The molecule has 0 spiro atoms. The van der Waals surface area contributed by atoms with Gasteiger partial charge < -0.3 is 10.4 Å². The van der Waals surface area contributed by atoms with Gasteiger partial charge in [-0.3, -0.25) is 24.4 Å². The number of carbonyl (C=O) groups is 3. The van der Waals surface area contributed by atoms with Crippen LogP contribution in [0.4, 0.5) is 0 Å².